The van der Waals surface area contributed by atoms with Gasteiger partial charge in [-0.15, -0.1) is 0 Å². The molecule has 3 aromatic heterocycles. The van der Waals surface area contributed by atoms with Crippen molar-refractivity contribution in [1.82, 2.24) is 20.3 Å². The molecule has 0 amide bonds. The molecule has 0 aliphatic heterocycles. The van der Waals surface area contributed by atoms with Gasteiger partial charge in [0.25, 0.3) is 20.0 Å². The fourth-order valence-electron chi connectivity index (χ4n) is 4.66. The number of hydrogen-bond donors (Lipinski definition) is 4. The van der Waals surface area contributed by atoms with Crippen LogP contribution in [-0.4, -0.2) is 47.6 Å². The van der Waals surface area contributed by atoms with Crippen LogP contribution < -0.4 is 9.44 Å². The zero-order valence-electron chi connectivity index (χ0n) is 24.4. The SMILES string of the molecule is CS(=O)c1ccc2c(S(=O)(=O)Nc3cc(F)c(Cl)cc3F)c[nH]c2c1.O=S(=O)(Nc1cc2nonc2cc1F)c1c[nH]c2cc(Cl)ccc12. The van der Waals surface area contributed by atoms with Crippen molar-refractivity contribution in [2.45, 2.75) is 14.7 Å². The third-order valence-electron chi connectivity index (χ3n) is 6.97. The van der Waals surface area contributed by atoms with Crippen LogP contribution >= 0.6 is 23.2 Å². The van der Waals surface area contributed by atoms with Crippen LogP contribution in [0.1, 0.15) is 0 Å². The fraction of sp³-hybridized carbons (Fsp3) is 0.0345. The first kappa shape index (κ1) is 34.3. The normalized spacial score (nSPS) is 12.6. The van der Waals surface area contributed by atoms with E-state index in [4.69, 9.17) is 23.2 Å². The third kappa shape index (κ3) is 6.95. The molecule has 49 heavy (non-hydrogen) atoms. The molecule has 3 heterocycles. The van der Waals surface area contributed by atoms with Gasteiger partial charge in [-0.3, -0.25) is 13.7 Å². The maximum Gasteiger partial charge on any atom is 0.264 e. The molecule has 0 aliphatic carbocycles. The molecule has 7 aromatic rings. The van der Waals surface area contributed by atoms with E-state index in [0.29, 0.717) is 43.9 Å². The van der Waals surface area contributed by atoms with Gasteiger partial charge in [0.2, 0.25) is 0 Å². The predicted octanol–water partition coefficient (Wildman–Crippen LogP) is 6.94. The van der Waals surface area contributed by atoms with Gasteiger partial charge in [0.15, 0.2) is 0 Å². The first-order chi connectivity index (χ1) is 23.1. The lowest BCUT2D eigenvalue weighted by Crippen LogP contribution is -2.14. The molecule has 1 unspecified atom stereocenters. The number of aromatic amines is 2. The van der Waals surface area contributed by atoms with Crippen LogP contribution in [0.25, 0.3) is 32.8 Å². The summed E-state index contributed by atoms with van der Waals surface area (Å²) in [6, 6.07) is 13.0. The molecule has 1 atom stereocenters. The zero-order chi connectivity index (χ0) is 35.2. The second kappa shape index (κ2) is 13.0. The highest BCUT2D eigenvalue weighted by molar-refractivity contribution is 7.93. The van der Waals surface area contributed by atoms with Gasteiger partial charge in [-0.1, -0.05) is 29.3 Å². The Morgan fingerprint density at radius 2 is 1.24 bits per heavy atom. The van der Waals surface area contributed by atoms with Gasteiger partial charge >= 0.3 is 0 Å². The Labute approximate surface area is 287 Å². The highest BCUT2D eigenvalue weighted by Gasteiger charge is 2.23. The van der Waals surface area contributed by atoms with Crippen LogP contribution in [0.5, 0.6) is 0 Å². The van der Waals surface area contributed by atoms with Crippen LogP contribution in [0.2, 0.25) is 10.0 Å². The summed E-state index contributed by atoms with van der Waals surface area (Å²) in [6.45, 7) is 0. The van der Waals surface area contributed by atoms with Crippen molar-refractivity contribution in [2.75, 3.05) is 15.7 Å². The lowest BCUT2D eigenvalue weighted by molar-refractivity contribution is 0.315. The predicted molar refractivity (Wildman–Crippen MR) is 179 cm³/mol. The number of benzene rings is 4. The minimum absolute atomic E-state index is 0.0214. The highest BCUT2D eigenvalue weighted by atomic mass is 35.5. The van der Waals surface area contributed by atoms with Crippen LogP contribution in [0, 0.1) is 17.5 Å². The Kier molecular flexibility index (Phi) is 9.10. The van der Waals surface area contributed by atoms with Gasteiger partial charge in [-0.05, 0) is 52.8 Å². The molecule has 254 valence electrons. The maximum atomic E-state index is 14.1. The van der Waals surface area contributed by atoms with E-state index in [-0.39, 0.29) is 26.5 Å². The molecule has 20 heteroatoms. The van der Waals surface area contributed by atoms with Crippen molar-refractivity contribution in [3.8, 4) is 0 Å². The first-order valence-corrected chi connectivity index (χ1v) is 18.7. The summed E-state index contributed by atoms with van der Waals surface area (Å²) < 4.78 is 112. The number of rotatable bonds is 7. The Hall–Kier alpha value is -4.62. The van der Waals surface area contributed by atoms with Crippen molar-refractivity contribution < 1.29 is 38.8 Å². The van der Waals surface area contributed by atoms with E-state index < -0.39 is 59.0 Å². The van der Waals surface area contributed by atoms with Gasteiger partial charge < -0.3 is 9.97 Å². The molecule has 0 saturated heterocycles. The summed E-state index contributed by atoms with van der Waals surface area (Å²) in [5, 5.41) is 7.85. The summed E-state index contributed by atoms with van der Waals surface area (Å²) >= 11 is 11.3. The smallest absolute Gasteiger partial charge is 0.264 e. The average Bonchev–Trinajstić information content (AvgIpc) is 3.78. The number of halogens is 5. The van der Waals surface area contributed by atoms with Gasteiger partial charge in [0.1, 0.15) is 38.3 Å². The molecular formula is C29H19Cl2F3N6O6S3. The van der Waals surface area contributed by atoms with Crippen LogP contribution in [0.4, 0.5) is 24.5 Å². The van der Waals surface area contributed by atoms with Gasteiger partial charge in [0, 0.05) is 73.3 Å². The summed E-state index contributed by atoms with van der Waals surface area (Å²) in [5.74, 6) is -2.74. The monoisotopic (exact) mass is 770 g/mol. The van der Waals surface area contributed by atoms with Gasteiger partial charge in [0.05, 0.1) is 16.4 Å². The number of hydrogen-bond acceptors (Lipinski definition) is 8. The third-order valence-corrected chi connectivity index (χ3v) is 11.2. The molecule has 0 radical (unpaired) electrons. The second-order valence-electron chi connectivity index (χ2n) is 10.2. The number of nitrogens with zero attached hydrogens (tertiary/aromatic N) is 2. The topological polar surface area (TPSA) is 180 Å². The van der Waals surface area contributed by atoms with Gasteiger partial charge in [-0.2, -0.15) is 0 Å². The van der Waals surface area contributed by atoms with Crippen molar-refractivity contribution in [1.29, 1.82) is 0 Å². The van der Waals surface area contributed by atoms with Crippen LogP contribution in [-0.2, 0) is 30.8 Å². The molecule has 4 N–H and O–H groups in total. The van der Waals surface area contributed by atoms with E-state index in [1.54, 1.807) is 24.3 Å². The van der Waals surface area contributed by atoms with E-state index in [1.807, 2.05) is 4.72 Å². The standard InChI is InChI=1S/C15H11ClF2N2O3S2.C14H8ClFN4O3S/c1-24(21)8-2-3-9-13(4-8)19-7-15(9)25(22,23)20-14-6-11(17)10(16)5-12(14)18;15-7-1-2-8-10(3-7)17-6-14(8)24(21,22)20-11-5-13-12(4-9(11)16)18-23-19-13/h2-7,19-20H,1H3;1-6,17,20H. The van der Waals surface area contributed by atoms with Crippen LogP contribution in [0.3, 0.4) is 0 Å². The maximum absolute atomic E-state index is 14.1. The number of aromatic nitrogens is 4. The van der Waals surface area contributed by atoms with E-state index in [2.05, 4.69) is 29.6 Å². The lowest BCUT2D eigenvalue weighted by atomic mass is 10.2. The Balaban J connectivity index is 0.000000170. The Morgan fingerprint density at radius 3 is 1.86 bits per heavy atom. The lowest BCUT2D eigenvalue weighted by Gasteiger charge is -2.09. The first-order valence-electron chi connectivity index (χ1n) is 13.5. The summed E-state index contributed by atoms with van der Waals surface area (Å²) in [6.07, 6.45) is 4.04. The largest absolute Gasteiger partial charge is 0.360 e. The van der Waals surface area contributed by atoms with Gasteiger partial charge in [-0.25, -0.2) is 34.6 Å². The molecule has 0 saturated carbocycles. The van der Waals surface area contributed by atoms with E-state index in [0.717, 1.165) is 6.07 Å². The molecule has 12 nitrogen and oxygen atoms in total. The summed E-state index contributed by atoms with van der Waals surface area (Å²) in [5.41, 5.74) is 0.636. The molecule has 7 rings (SSSR count). The number of nitrogens with one attached hydrogen (secondary N) is 4. The number of H-pyrrole nitrogens is 2. The fourth-order valence-corrected chi connectivity index (χ4v) is 8.00. The van der Waals surface area contributed by atoms with E-state index >= 15 is 0 Å². The second-order valence-corrected chi connectivity index (χ2v) is 15.7. The van der Waals surface area contributed by atoms with E-state index in [9.17, 15) is 34.2 Å². The zero-order valence-corrected chi connectivity index (χ0v) is 28.3. The van der Waals surface area contributed by atoms with Crippen molar-refractivity contribution in [3.63, 3.8) is 0 Å². The summed E-state index contributed by atoms with van der Waals surface area (Å²) in [4.78, 5) is 5.95. The molecule has 0 fully saturated rings. The minimum Gasteiger partial charge on any atom is -0.360 e. The Bertz CT molecular complexity index is 2670. The summed E-state index contributed by atoms with van der Waals surface area (Å²) in [7, 11) is -9.44. The van der Waals surface area contributed by atoms with Crippen molar-refractivity contribution in [3.05, 3.63) is 101 Å². The quantitative estimate of drug-likeness (QED) is 0.126. The number of anilines is 2. The van der Waals surface area contributed by atoms with Crippen molar-refractivity contribution >= 4 is 98.3 Å². The molecular weight excluding hydrogens is 752 g/mol. The van der Waals surface area contributed by atoms with Crippen molar-refractivity contribution in [2.24, 2.45) is 0 Å². The molecule has 0 bridgehead atoms. The highest BCUT2D eigenvalue weighted by Crippen LogP contribution is 2.30. The average molecular weight is 772 g/mol. The Morgan fingerprint density at radius 1 is 0.714 bits per heavy atom. The van der Waals surface area contributed by atoms with Crippen LogP contribution in [0.15, 0.2) is 92.4 Å². The number of sulfonamides is 2. The molecule has 0 spiro atoms. The van der Waals surface area contributed by atoms with E-state index in [1.165, 1.54) is 36.8 Å². The molecule has 0 aliphatic rings. The molecule has 4 aromatic carbocycles. The number of fused-ring (bicyclic) bond motifs is 3. The minimum atomic E-state index is -4.19.